The van der Waals surface area contributed by atoms with Crippen molar-refractivity contribution in [3.05, 3.63) is 102 Å². The lowest BCUT2D eigenvalue weighted by molar-refractivity contribution is 0.0703. The number of hydrogen-bond acceptors (Lipinski definition) is 3. The highest BCUT2D eigenvalue weighted by Crippen LogP contribution is 2.28. The molecule has 0 spiro atoms. The number of rotatable bonds is 4. The summed E-state index contributed by atoms with van der Waals surface area (Å²) in [7, 11) is 0. The Bertz CT molecular complexity index is 1170. The van der Waals surface area contributed by atoms with E-state index in [1.54, 1.807) is 0 Å². The quantitative estimate of drug-likeness (QED) is 0.516. The fraction of sp³-hybridized carbons (Fsp3) is 0.240. The Hall–Kier alpha value is -3.47. The second-order valence-corrected chi connectivity index (χ2v) is 7.90. The van der Waals surface area contributed by atoms with Gasteiger partial charge in [0.15, 0.2) is 5.65 Å². The van der Waals surface area contributed by atoms with Gasteiger partial charge in [-0.25, -0.2) is 0 Å². The Morgan fingerprint density at radius 2 is 1.73 bits per heavy atom. The summed E-state index contributed by atoms with van der Waals surface area (Å²) in [4.78, 5) is 15.5. The highest BCUT2D eigenvalue weighted by molar-refractivity contribution is 5.96. The van der Waals surface area contributed by atoms with Gasteiger partial charge in [0.25, 0.3) is 5.91 Å². The lowest BCUT2D eigenvalue weighted by Crippen LogP contribution is -2.40. The van der Waals surface area contributed by atoms with E-state index in [1.165, 1.54) is 5.56 Å². The first-order valence-electron chi connectivity index (χ1n) is 10.5. The third-order valence-electron chi connectivity index (χ3n) is 5.90. The van der Waals surface area contributed by atoms with Gasteiger partial charge in [-0.1, -0.05) is 54.6 Å². The molecule has 1 saturated heterocycles. The smallest absolute Gasteiger partial charge is 0.254 e. The van der Waals surface area contributed by atoms with Gasteiger partial charge in [0.05, 0.1) is 0 Å². The van der Waals surface area contributed by atoms with Crippen molar-refractivity contribution < 1.29 is 4.79 Å². The molecule has 2 aromatic heterocycles. The Morgan fingerprint density at radius 3 is 2.63 bits per heavy atom. The number of hydrogen-bond donors (Lipinski definition) is 0. The Labute approximate surface area is 176 Å². The van der Waals surface area contributed by atoms with E-state index < -0.39 is 0 Å². The van der Waals surface area contributed by atoms with E-state index in [1.807, 2.05) is 70.1 Å². The summed E-state index contributed by atoms with van der Waals surface area (Å²) in [6, 6.07) is 24.2. The van der Waals surface area contributed by atoms with Gasteiger partial charge in [-0.2, -0.15) is 0 Å². The predicted octanol–water partition coefficient (Wildman–Crippen LogP) is 4.34. The first-order chi connectivity index (χ1) is 14.8. The molecule has 0 bridgehead atoms. The molecule has 0 N–H and O–H groups in total. The summed E-state index contributed by atoms with van der Waals surface area (Å²) in [5.74, 6) is 1.25. The zero-order valence-corrected chi connectivity index (χ0v) is 16.8. The maximum Gasteiger partial charge on any atom is 0.254 e. The SMILES string of the molecule is O=C(c1ccccc1Cc1ccccc1)N1CCCC(c2nnc3ccccn23)C1. The van der Waals surface area contributed by atoms with E-state index in [4.69, 9.17) is 0 Å². The van der Waals surface area contributed by atoms with Gasteiger partial charge < -0.3 is 4.90 Å². The van der Waals surface area contributed by atoms with Crippen LogP contribution in [0.2, 0.25) is 0 Å². The summed E-state index contributed by atoms with van der Waals surface area (Å²) >= 11 is 0. The zero-order valence-electron chi connectivity index (χ0n) is 16.8. The molecule has 1 amide bonds. The molecule has 5 rings (SSSR count). The fourth-order valence-corrected chi connectivity index (χ4v) is 4.38. The number of amides is 1. The van der Waals surface area contributed by atoms with E-state index >= 15 is 0 Å². The molecular formula is C25H24N4O. The molecule has 2 aromatic carbocycles. The van der Waals surface area contributed by atoms with Crippen molar-refractivity contribution in [1.29, 1.82) is 0 Å². The molecular weight excluding hydrogens is 372 g/mol. The highest BCUT2D eigenvalue weighted by atomic mass is 16.2. The number of aromatic nitrogens is 3. The van der Waals surface area contributed by atoms with E-state index in [9.17, 15) is 4.79 Å². The van der Waals surface area contributed by atoms with E-state index in [2.05, 4.69) is 28.4 Å². The van der Waals surface area contributed by atoms with Crippen LogP contribution in [0.15, 0.2) is 79.0 Å². The molecule has 1 aliphatic rings. The Balaban J connectivity index is 1.39. The first kappa shape index (κ1) is 18.6. The van der Waals surface area contributed by atoms with Crippen LogP contribution in [0.3, 0.4) is 0 Å². The lowest BCUT2D eigenvalue weighted by Gasteiger charge is -2.32. The van der Waals surface area contributed by atoms with Crippen LogP contribution in [-0.2, 0) is 6.42 Å². The molecule has 150 valence electrons. The summed E-state index contributed by atoms with van der Waals surface area (Å²) in [6.07, 6.45) is 4.75. The molecule has 1 fully saturated rings. The first-order valence-corrected chi connectivity index (χ1v) is 10.5. The number of carbonyl (C=O) groups is 1. The Morgan fingerprint density at radius 1 is 0.933 bits per heavy atom. The predicted molar refractivity (Wildman–Crippen MR) is 117 cm³/mol. The van der Waals surface area contributed by atoms with Crippen LogP contribution in [0.25, 0.3) is 5.65 Å². The van der Waals surface area contributed by atoms with Gasteiger partial charge in [0.1, 0.15) is 5.82 Å². The number of pyridine rings is 1. The van der Waals surface area contributed by atoms with Gasteiger partial charge in [-0.3, -0.25) is 9.20 Å². The molecule has 1 atom stereocenters. The van der Waals surface area contributed by atoms with Crippen LogP contribution < -0.4 is 0 Å². The Kier molecular flexibility index (Phi) is 5.01. The number of nitrogens with zero attached hydrogens (tertiary/aromatic N) is 4. The van der Waals surface area contributed by atoms with E-state index in [0.29, 0.717) is 6.54 Å². The van der Waals surface area contributed by atoms with Crippen molar-refractivity contribution in [3.8, 4) is 0 Å². The third kappa shape index (κ3) is 3.59. The van der Waals surface area contributed by atoms with Crippen molar-refractivity contribution >= 4 is 11.6 Å². The fourth-order valence-electron chi connectivity index (χ4n) is 4.38. The number of carbonyl (C=O) groups excluding carboxylic acids is 1. The highest BCUT2D eigenvalue weighted by Gasteiger charge is 2.29. The van der Waals surface area contributed by atoms with Crippen molar-refractivity contribution in [2.45, 2.75) is 25.2 Å². The maximum absolute atomic E-state index is 13.5. The molecule has 0 aliphatic carbocycles. The number of fused-ring (bicyclic) bond motifs is 1. The second-order valence-electron chi connectivity index (χ2n) is 7.90. The minimum absolute atomic E-state index is 0.111. The average molecular weight is 396 g/mol. The molecule has 1 unspecified atom stereocenters. The van der Waals surface area contributed by atoms with Crippen LogP contribution in [0, 0.1) is 0 Å². The van der Waals surface area contributed by atoms with Crippen molar-refractivity contribution in [2.24, 2.45) is 0 Å². The van der Waals surface area contributed by atoms with Gasteiger partial charge >= 0.3 is 0 Å². The summed E-state index contributed by atoms with van der Waals surface area (Å²) < 4.78 is 2.04. The minimum Gasteiger partial charge on any atom is -0.338 e. The van der Waals surface area contributed by atoms with Crippen LogP contribution in [0.1, 0.15) is 46.1 Å². The number of piperidine rings is 1. The molecule has 0 radical (unpaired) electrons. The van der Waals surface area contributed by atoms with Crippen molar-refractivity contribution in [2.75, 3.05) is 13.1 Å². The molecule has 3 heterocycles. The van der Waals surface area contributed by atoms with Crippen LogP contribution in [-0.4, -0.2) is 38.5 Å². The van der Waals surface area contributed by atoms with Crippen molar-refractivity contribution in [1.82, 2.24) is 19.5 Å². The standard InChI is InChI=1S/C25H24N4O/c30-25(22-13-5-4-11-20(22)17-19-9-2-1-3-10-19)28-15-8-12-21(18-28)24-27-26-23-14-6-7-16-29(23)24/h1-7,9-11,13-14,16,21H,8,12,15,17-18H2. The molecule has 30 heavy (non-hydrogen) atoms. The van der Waals surface area contributed by atoms with Crippen molar-refractivity contribution in [3.63, 3.8) is 0 Å². The summed E-state index contributed by atoms with van der Waals surface area (Å²) in [6.45, 7) is 1.46. The van der Waals surface area contributed by atoms with Gasteiger partial charge in [-0.05, 0) is 48.6 Å². The maximum atomic E-state index is 13.5. The number of likely N-dealkylation sites (tertiary alicyclic amines) is 1. The molecule has 4 aromatic rings. The van der Waals surface area contributed by atoms with E-state index in [-0.39, 0.29) is 11.8 Å². The normalized spacial score (nSPS) is 16.7. The number of benzene rings is 2. The second kappa shape index (κ2) is 8.11. The third-order valence-corrected chi connectivity index (χ3v) is 5.90. The molecule has 5 nitrogen and oxygen atoms in total. The monoisotopic (exact) mass is 396 g/mol. The molecule has 1 aliphatic heterocycles. The summed E-state index contributed by atoms with van der Waals surface area (Å²) in [5, 5.41) is 8.73. The minimum atomic E-state index is 0.111. The molecule has 0 saturated carbocycles. The lowest BCUT2D eigenvalue weighted by atomic mass is 9.94. The topological polar surface area (TPSA) is 50.5 Å². The molecule has 5 heteroatoms. The summed E-state index contributed by atoms with van der Waals surface area (Å²) in [5.41, 5.74) is 3.94. The van der Waals surface area contributed by atoms with Crippen LogP contribution >= 0.6 is 0 Å². The van der Waals surface area contributed by atoms with Crippen LogP contribution in [0.4, 0.5) is 0 Å². The van der Waals surface area contributed by atoms with Gasteiger partial charge in [0.2, 0.25) is 0 Å². The zero-order chi connectivity index (χ0) is 20.3. The van der Waals surface area contributed by atoms with E-state index in [0.717, 1.165) is 48.4 Å². The van der Waals surface area contributed by atoms with Gasteiger partial charge in [0, 0.05) is 30.8 Å². The average Bonchev–Trinajstić information content (AvgIpc) is 3.24. The van der Waals surface area contributed by atoms with Crippen LogP contribution in [0.5, 0.6) is 0 Å². The largest absolute Gasteiger partial charge is 0.338 e. The van der Waals surface area contributed by atoms with Gasteiger partial charge in [-0.15, -0.1) is 10.2 Å².